The van der Waals surface area contributed by atoms with Crippen molar-refractivity contribution < 1.29 is 32.3 Å². The molecule has 2 aromatic rings. The molecule has 0 fully saturated rings. The molecule has 0 aliphatic rings. The highest BCUT2D eigenvalue weighted by molar-refractivity contribution is 7.12. The summed E-state index contributed by atoms with van der Waals surface area (Å²) >= 11 is 1.19. The second-order valence-corrected chi connectivity index (χ2v) is 5.95. The highest BCUT2D eigenvalue weighted by atomic mass is 32.1. The highest BCUT2D eigenvalue weighted by Gasteiger charge is 2.21. The maximum absolute atomic E-state index is 13.5. The third kappa shape index (κ3) is 4.82. The van der Waals surface area contributed by atoms with Gasteiger partial charge in [0.2, 0.25) is 0 Å². The lowest BCUT2D eigenvalue weighted by atomic mass is 10.2. The van der Waals surface area contributed by atoms with E-state index in [0.29, 0.717) is 10.9 Å². The predicted octanol–water partition coefficient (Wildman–Crippen LogP) is 2.47. The van der Waals surface area contributed by atoms with Crippen LogP contribution in [-0.4, -0.2) is 30.4 Å². The molecule has 2 amide bonds. The van der Waals surface area contributed by atoms with Gasteiger partial charge in [-0.05, 0) is 30.5 Å². The molecular weight excluding hydrogens is 373 g/mol. The van der Waals surface area contributed by atoms with Crippen LogP contribution in [0.2, 0.25) is 0 Å². The van der Waals surface area contributed by atoms with Crippen molar-refractivity contribution in [3.05, 3.63) is 52.0 Å². The lowest BCUT2D eigenvalue weighted by Crippen LogP contribution is -2.35. The summed E-state index contributed by atoms with van der Waals surface area (Å²) in [4.78, 5) is 35.6. The first kappa shape index (κ1) is 19.4. The van der Waals surface area contributed by atoms with Crippen LogP contribution >= 0.6 is 11.3 Å². The molecule has 0 saturated carbocycles. The van der Waals surface area contributed by atoms with Crippen LogP contribution in [0.15, 0.2) is 29.6 Å². The molecule has 0 radical (unpaired) electrons. The number of rotatable bonds is 6. The van der Waals surface area contributed by atoms with Gasteiger partial charge >= 0.3 is 5.97 Å². The number of esters is 1. The van der Waals surface area contributed by atoms with E-state index in [0.717, 1.165) is 6.07 Å². The summed E-state index contributed by atoms with van der Waals surface area (Å²) < 4.78 is 44.3. The maximum atomic E-state index is 13.5. The van der Waals surface area contributed by atoms with Crippen LogP contribution in [0.3, 0.4) is 0 Å². The minimum Gasteiger partial charge on any atom is -0.451 e. The van der Waals surface area contributed by atoms with Crippen molar-refractivity contribution in [2.45, 2.75) is 13.0 Å². The number of carbonyl (C=O) groups is 3. The van der Waals surface area contributed by atoms with E-state index in [1.165, 1.54) is 18.3 Å². The van der Waals surface area contributed by atoms with E-state index in [1.807, 2.05) is 5.32 Å². The Labute approximate surface area is 150 Å². The summed E-state index contributed by atoms with van der Waals surface area (Å²) in [5.41, 5.74) is -0.595. The molecule has 6 nitrogen and oxygen atoms in total. The highest BCUT2D eigenvalue weighted by Crippen LogP contribution is 2.19. The summed E-state index contributed by atoms with van der Waals surface area (Å²) in [6, 6.07) is 4.71. The first-order valence-electron chi connectivity index (χ1n) is 7.25. The average Bonchev–Trinajstić information content (AvgIpc) is 3.14. The summed E-state index contributed by atoms with van der Waals surface area (Å²) in [5.74, 6) is -7.03. The van der Waals surface area contributed by atoms with Gasteiger partial charge in [0, 0.05) is 0 Å². The molecule has 2 N–H and O–H groups in total. The second kappa shape index (κ2) is 8.48. The largest absolute Gasteiger partial charge is 0.451 e. The Hall–Kier alpha value is -2.88. The third-order valence-corrected chi connectivity index (χ3v) is 3.98. The monoisotopic (exact) mass is 386 g/mol. The molecule has 0 saturated heterocycles. The van der Waals surface area contributed by atoms with E-state index in [-0.39, 0.29) is 0 Å². The van der Waals surface area contributed by atoms with Crippen molar-refractivity contribution in [1.82, 2.24) is 5.32 Å². The van der Waals surface area contributed by atoms with Gasteiger partial charge in [-0.15, -0.1) is 11.3 Å². The van der Waals surface area contributed by atoms with E-state index >= 15 is 0 Å². The van der Waals surface area contributed by atoms with E-state index in [1.54, 1.807) is 17.5 Å². The smallest absolute Gasteiger partial charge is 0.326 e. The molecule has 26 heavy (non-hydrogen) atoms. The second-order valence-electron chi connectivity index (χ2n) is 5.00. The van der Waals surface area contributed by atoms with Crippen LogP contribution in [0, 0.1) is 17.5 Å². The van der Waals surface area contributed by atoms with Gasteiger partial charge in [0.05, 0.1) is 10.6 Å². The van der Waals surface area contributed by atoms with Gasteiger partial charge in [0.15, 0.2) is 23.6 Å². The standard InChI is InChI=1S/C16H13F3N2O4S/c1-8(15(23)21-10-5-4-9(17)13(18)14(10)19)25-12(22)7-20-16(24)11-3-2-6-26-11/h2-6,8H,7H2,1H3,(H,20,24)(H,21,23)/t8-/m0/s1. The van der Waals surface area contributed by atoms with Gasteiger partial charge in [-0.3, -0.25) is 14.4 Å². The zero-order valence-corrected chi connectivity index (χ0v) is 14.2. The molecule has 1 heterocycles. The molecule has 0 aliphatic carbocycles. The number of hydrogen-bond donors (Lipinski definition) is 2. The molecule has 1 aromatic carbocycles. The first-order valence-corrected chi connectivity index (χ1v) is 8.13. The van der Waals surface area contributed by atoms with Crippen LogP contribution in [0.1, 0.15) is 16.6 Å². The SMILES string of the molecule is C[C@H](OC(=O)CNC(=O)c1cccs1)C(=O)Nc1ccc(F)c(F)c1F. The summed E-state index contributed by atoms with van der Waals surface area (Å²) in [5, 5.41) is 5.99. The van der Waals surface area contributed by atoms with Crippen molar-refractivity contribution in [2.24, 2.45) is 0 Å². The lowest BCUT2D eigenvalue weighted by Gasteiger charge is -2.14. The van der Waals surface area contributed by atoms with E-state index in [9.17, 15) is 27.6 Å². The van der Waals surface area contributed by atoms with Crippen LogP contribution in [0.4, 0.5) is 18.9 Å². The minimum absolute atomic E-state index is 0.400. The molecule has 0 aliphatic heterocycles. The Morgan fingerprint density at radius 3 is 2.54 bits per heavy atom. The molecule has 1 aromatic heterocycles. The van der Waals surface area contributed by atoms with Crippen LogP contribution < -0.4 is 10.6 Å². The fraction of sp³-hybridized carbons (Fsp3) is 0.188. The van der Waals surface area contributed by atoms with Crippen LogP contribution in [0.25, 0.3) is 0 Å². The molecule has 1 atom stereocenters. The molecule has 138 valence electrons. The Morgan fingerprint density at radius 2 is 1.88 bits per heavy atom. The van der Waals surface area contributed by atoms with Gasteiger partial charge in [-0.1, -0.05) is 6.07 Å². The molecule has 2 rings (SSSR count). The third-order valence-electron chi connectivity index (χ3n) is 3.11. The van der Waals surface area contributed by atoms with Gasteiger partial charge in [-0.25, -0.2) is 13.2 Å². The first-order chi connectivity index (χ1) is 12.3. The normalized spacial score (nSPS) is 11.5. The van der Waals surface area contributed by atoms with Crippen molar-refractivity contribution in [1.29, 1.82) is 0 Å². The Kier molecular flexibility index (Phi) is 6.34. The molecule has 10 heteroatoms. The van der Waals surface area contributed by atoms with Gasteiger partial charge < -0.3 is 15.4 Å². The quantitative estimate of drug-likeness (QED) is 0.590. The maximum Gasteiger partial charge on any atom is 0.326 e. The number of anilines is 1. The van der Waals surface area contributed by atoms with Gasteiger partial charge in [0.25, 0.3) is 11.8 Å². The zero-order valence-electron chi connectivity index (χ0n) is 13.3. The van der Waals surface area contributed by atoms with Crippen LogP contribution in [-0.2, 0) is 14.3 Å². The van der Waals surface area contributed by atoms with E-state index in [4.69, 9.17) is 4.74 Å². The number of amides is 2. The predicted molar refractivity (Wildman–Crippen MR) is 87.2 cm³/mol. The number of thiophene rings is 1. The average molecular weight is 386 g/mol. The number of carbonyl (C=O) groups excluding carboxylic acids is 3. The number of nitrogens with one attached hydrogen (secondary N) is 2. The lowest BCUT2D eigenvalue weighted by molar-refractivity contribution is -0.152. The number of benzene rings is 1. The van der Waals surface area contributed by atoms with Crippen LogP contribution in [0.5, 0.6) is 0 Å². The van der Waals surface area contributed by atoms with Crippen molar-refractivity contribution >= 4 is 34.8 Å². The minimum atomic E-state index is -1.73. The fourth-order valence-corrected chi connectivity index (χ4v) is 2.44. The Balaban J connectivity index is 1.85. The fourth-order valence-electron chi connectivity index (χ4n) is 1.80. The molecule has 0 spiro atoms. The zero-order chi connectivity index (χ0) is 19.3. The topological polar surface area (TPSA) is 84.5 Å². The molecule has 0 bridgehead atoms. The van der Waals surface area contributed by atoms with Gasteiger partial charge in [-0.2, -0.15) is 0 Å². The number of ether oxygens (including phenoxy) is 1. The molecular formula is C16H13F3N2O4S. The van der Waals surface area contributed by atoms with E-state index in [2.05, 4.69) is 5.32 Å². The Morgan fingerprint density at radius 1 is 1.15 bits per heavy atom. The van der Waals surface area contributed by atoms with E-state index < -0.39 is 53.6 Å². The van der Waals surface area contributed by atoms with Crippen molar-refractivity contribution in [3.63, 3.8) is 0 Å². The van der Waals surface area contributed by atoms with Crippen molar-refractivity contribution in [2.75, 3.05) is 11.9 Å². The number of hydrogen-bond acceptors (Lipinski definition) is 5. The Bertz CT molecular complexity index is 827. The van der Waals surface area contributed by atoms with Crippen molar-refractivity contribution in [3.8, 4) is 0 Å². The number of halogens is 3. The summed E-state index contributed by atoms with van der Waals surface area (Å²) in [6.07, 6.45) is -1.35. The summed E-state index contributed by atoms with van der Waals surface area (Å²) in [6.45, 7) is 0.722. The van der Waals surface area contributed by atoms with Gasteiger partial charge in [0.1, 0.15) is 6.54 Å². The summed E-state index contributed by atoms with van der Waals surface area (Å²) in [7, 11) is 0. The molecule has 0 unspecified atom stereocenters.